The summed E-state index contributed by atoms with van der Waals surface area (Å²) in [5.74, 6) is -0.720. The van der Waals surface area contributed by atoms with E-state index >= 15 is 0 Å². The summed E-state index contributed by atoms with van der Waals surface area (Å²) in [5.41, 5.74) is 1.82. The largest absolute Gasteiger partial charge is 0.308 e. The predicted octanol–water partition coefficient (Wildman–Crippen LogP) is 1.75. The number of hydrogen-bond acceptors (Lipinski definition) is 4. The van der Waals surface area contributed by atoms with Crippen molar-refractivity contribution in [2.24, 2.45) is 0 Å². The second-order valence-corrected chi connectivity index (χ2v) is 5.10. The molecule has 0 atom stereocenters. The van der Waals surface area contributed by atoms with Crippen LogP contribution in [0.2, 0.25) is 0 Å². The zero-order valence-electron chi connectivity index (χ0n) is 10.1. The minimum absolute atomic E-state index is 0.193. The Morgan fingerprint density at radius 3 is 2.58 bits per heavy atom. The molecule has 2 aliphatic rings. The normalized spacial score (nSPS) is 21.9. The Balaban J connectivity index is 2.23. The van der Waals surface area contributed by atoms with E-state index in [4.69, 9.17) is 0 Å². The predicted molar refractivity (Wildman–Crippen MR) is 72.5 cm³/mol. The van der Waals surface area contributed by atoms with Gasteiger partial charge in [-0.25, -0.2) is 0 Å². The maximum absolute atomic E-state index is 12.4. The van der Waals surface area contributed by atoms with E-state index in [1.165, 1.54) is 0 Å². The molecule has 0 bridgehead atoms. The fourth-order valence-electron chi connectivity index (χ4n) is 2.29. The molecule has 0 radical (unpaired) electrons. The molecule has 3 amide bonds. The quantitative estimate of drug-likeness (QED) is 0.792. The third kappa shape index (κ3) is 1.67. The van der Waals surface area contributed by atoms with Gasteiger partial charge in [-0.05, 0) is 24.8 Å². The molecule has 0 unspecified atom stereocenters. The number of para-hydroxylation sites is 1. The van der Waals surface area contributed by atoms with Crippen molar-refractivity contribution >= 4 is 40.1 Å². The zero-order chi connectivity index (χ0) is 13.6. The summed E-state index contributed by atoms with van der Waals surface area (Å²) in [7, 11) is 0. The second kappa shape index (κ2) is 4.24. The minimum Gasteiger partial charge on any atom is -0.308 e. The van der Waals surface area contributed by atoms with Gasteiger partial charge in [0.15, 0.2) is 0 Å². The lowest BCUT2D eigenvalue weighted by atomic mass is 10.1. The number of likely N-dealkylation sites (N-methyl/N-ethyl adjacent to an activating group) is 1. The van der Waals surface area contributed by atoms with E-state index in [0.29, 0.717) is 17.7 Å². The molecule has 1 saturated heterocycles. The molecule has 19 heavy (non-hydrogen) atoms. The van der Waals surface area contributed by atoms with Crippen LogP contribution in [0.3, 0.4) is 0 Å². The van der Waals surface area contributed by atoms with Gasteiger partial charge >= 0.3 is 0 Å². The van der Waals surface area contributed by atoms with Gasteiger partial charge in [0.25, 0.3) is 17.1 Å². The Morgan fingerprint density at radius 1 is 1.21 bits per heavy atom. The van der Waals surface area contributed by atoms with Crippen LogP contribution < -0.4 is 10.2 Å². The first-order valence-electron chi connectivity index (χ1n) is 5.82. The van der Waals surface area contributed by atoms with E-state index in [0.717, 1.165) is 17.4 Å². The van der Waals surface area contributed by atoms with Crippen LogP contribution in [0.4, 0.5) is 10.5 Å². The Labute approximate surface area is 113 Å². The molecule has 1 aromatic carbocycles. The number of nitrogens with zero attached hydrogens (tertiary/aromatic N) is 1. The van der Waals surface area contributed by atoms with Gasteiger partial charge in [0.2, 0.25) is 0 Å². The number of nitrogens with one attached hydrogen (secondary N) is 1. The number of benzene rings is 1. The lowest BCUT2D eigenvalue weighted by molar-refractivity contribution is -0.116. The van der Waals surface area contributed by atoms with Crippen molar-refractivity contribution in [2.75, 3.05) is 11.4 Å². The van der Waals surface area contributed by atoms with Crippen molar-refractivity contribution in [2.45, 2.75) is 6.92 Å². The molecule has 0 aliphatic carbocycles. The van der Waals surface area contributed by atoms with E-state index in [1.807, 2.05) is 25.1 Å². The van der Waals surface area contributed by atoms with Gasteiger partial charge in [-0.3, -0.25) is 19.7 Å². The van der Waals surface area contributed by atoms with Gasteiger partial charge in [-0.2, -0.15) is 0 Å². The van der Waals surface area contributed by atoms with E-state index in [-0.39, 0.29) is 10.8 Å². The van der Waals surface area contributed by atoms with Gasteiger partial charge in [0.05, 0.1) is 16.2 Å². The maximum atomic E-state index is 12.4. The average molecular weight is 274 g/mol. The van der Waals surface area contributed by atoms with Gasteiger partial charge < -0.3 is 4.90 Å². The van der Waals surface area contributed by atoms with E-state index in [2.05, 4.69) is 5.32 Å². The Bertz CT molecular complexity index is 651. The van der Waals surface area contributed by atoms with Crippen LogP contribution in [0.25, 0.3) is 5.57 Å². The third-order valence-corrected chi connectivity index (χ3v) is 3.96. The second-order valence-electron chi connectivity index (χ2n) is 4.11. The van der Waals surface area contributed by atoms with Crippen LogP contribution in [-0.4, -0.2) is 23.6 Å². The van der Waals surface area contributed by atoms with Crippen LogP contribution in [0.1, 0.15) is 12.5 Å². The highest BCUT2D eigenvalue weighted by Gasteiger charge is 2.39. The van der Waals surface area contributed by atoms with Crippen LogP contribution in [-0.2, 0) is 9.59 Å². The zero-order valence-corrected chi connectivity index (χ0v) is 10.9. The van der Waals surface area contributed by atoms with E-state index in [9.17, 15) is 14.4 Å². The molecule has 5 nitrogen and oxygen atoms in total. The Morgan fingerprint density at radius 2 is 1.95 bits per heavy atom. The molecule has 96 valence electrons. The van der Waals surface area contributed by atoms with E-state index in [1.54, 1.807) is 11.0 Å². The number of imide groups is 1. The highest BCUT2D eigenvalue weighted by Crippen LogP contribution is 2.42. The SMILES string of the molecule is CCN1C(=O)C(=C2SC(=O)NC2=O)c2ccccc21. The first-order chi connectivity index (χ1) is 9.13. The maximum Gasteiger partial charge on any atom is 0.290 e. The summed E-state index contributed by atoms with van der Waals surface area (Å²) in [6.45, 7) is 2.39. The molecule has 0 saturated carbocycles. The van der Waals surface area contributed by atoms with Gasteiger partial charge in [-0.1, -0.05) is 18.2 Å². The van der Waals surface area contributed by atoms with Crippen LogP contribution >= 0.6 is 11.8 Å². The first kappa shape index (κ1) is 12.0. The smallest absolute Gasteiger partial charge is 0.290 e. The molecule has 6 heteroatoms. The molecular weight excluding hydrogens is 264 g/mol. The fourth-order valence-corrected chi connectivity index (χ4v) is 3.06. The standard InChI is InChI=1S/C13H10N2O3S/c1-2-15-8-6-4-3-5-7(8)9(12(15)17)10-11(16)14-13(18)19-10/h3-6H,2H2,1H3,(H,14,16,18). The summed E-state index contributed by atoms with van der Waals surface area (Å²) in [4.78, 5) is 37.2. The van der Waals surface area contributed by atoms with Gasteiger partial charge in [0, 0.05) is 12.1 Å². The highest BCUT2D eigenvalue weighted by atomic mass is 32.2. The number of carbonyl (C=O) groups is 3. The van der Waals surface area contributed by atoms with Crippen LogP contribution in [0.15, 0.2) is 29.2 Å². The highest BCUT2D eigenvalue weighted by molar-refractivity contribution is 8.18. The number of thioether (sulfide) groups is 1. The van der Waals surface area contributed by atoms with Crippen molar-refractivity contribution in [3.05, 3.63) is 34.7 Å². The van der Waals surface area contributed by atoms with Gasteiger partial charge in [0.1, 0.15) is 0 Å². The molecule has 0 aromatic heterocycles. The molecule has 2 aliphatic heterocycles. The number of fused-ring (bicyclic) bond motifs is 1. The Hall–Kier alpha value is -2.08. The summed E-state index contributed by atoms with van der Waals surface area (Å²) < 4.78 is 0. The van der Waals surface area contributed by atoms with Crippen molar-refractivity contribution in [1.29, 1.82) is 0 Å². The molecule has 3 rings (SSSR count). The van der Waals surface area contributed by atoms with Gasteiger partial charge in [-0.15, -0.1) is 0 Å². The third-order valence-electron chi connectivity index (χ3n) is 3.08. The number of anilines is 1. The van der Waals surface area contributed by atoms with Crippen molar-refractivity contribution in [1.82, 2.24) is 5.32 Å². The molecular formula is C13H10N2O3S. The number of hydrogen-bond donors (Lipinski definition) is 1. The molecule has 0 spiro atoms. The number of amides is 3. The Kier molecular flexibility index (Phi) is 2.67. The van der Waals surface area contributed by atoms with Crippen LogP contribution in [0, 0.1) is 0 Å². The van der Waals surface area contributed by atoms with Crippen LogP contribution in [0.5, 0.6) is 0 Å². The summed E-state index contributed by atoms with van der Waals surface area (Å²) in [6.07, 6.45) is 0. The fraction of sp³-hybridized carbons (Fsp3) is 0.154. The summed E-state index contributed by atoms with van der Waals surface area (Å²) >= 11 is 0.783. The van der Waals surface area contributed by atoms with Crippen molar-refractivity contribution in [3.63, 3.8) is 0 Å². The summed E-state index contributed by atoms with van der Waals surface area (Å²) in [5, 5.41) is 1.75. The molecule has 1 fully saturated rings. The van der Waals surface area contributed by atoms with Crippen molar-refractivity contribution < 1.29 is 14.4 Å². The molecule has 1 N–H and O–H groups in total. The monoisotopic (exact) mass is 274 g/mol. The lowest BCUT2D eigenvalue weighted by Gasteiger charge is -2.13. The molecule has 2 heterocycles. The number of carbonyl (C=O) groups excluding carboxylic acids is 3. The summed E-state index contributed by atoms with van der Waals surface area (Å²) in [6, 6.07) is 7.28. The average Bonchev–Trinajstić information content (AvgIpc) is 2.85. The van der Waals surface area contributed by atoms with Crippen molar-refractivity contribution in [3.8, 4) is 0 Å². The lowest BCUT2D eigenvalue weighted by Crippen LogP contribution is -2.26. The topological polar surface area (TPSA) is 66.5 Å². The number of rotatable bonds is 1. The minimum atomic E-state index is -0.494. The van der Waals surface area contributed by atoms with E-state index < -0.39 is 11.1 Å². The first-order valence-corrected chi connectivity index (χ1v) is 6.64. The molecule has 1 aromatic rings.